The Labute approximate surface area is 216 Å². The maximum atomic E-state index is 13.9. The van der Waals surface area contributed by atoms with E-state index in [0.717, 1.165) is 40.9 Å². The molecule has 7 nitrogen and oxygen atoms in total. The van der Waals surface area contributed by atoms with E-state index in [4.69, 9.17) is 31.4 Å². The van der Waals surface area contributed by atoms with Crippen LogP contribution in [0.25, 0.3) is 0 Å². The highest BCUT2D eigenvalue weighted by atomic mass is 35.5. The molecule has 3 rings (SSSR count). The Morgan fingerprint density at radius 3 is 1.97 bits per heavy atom. The van der Waals surface area contributed by atoms with Gasteiger partial charge in [-0.05, 0) is 82.4 Å². The molecule has 8 heteroatoms. The van der Waals surface area contributed by atoms with Crippen LogP contribution < -0.4 is 4.90 Å². The van der Waals surface area contributed by atoms with Crippen molar-refractivity contribution in [2.75, 3.05) is 25.5 Å². The van der Waals surface area contributed by atoms with Crippen LogP contribution in [0.5, 0.6) is 0 Å². The number of hydrogen-bond donors (Lipinski definition) is 2. The van der Waals surface area contributed by atoms with Crippen molar-refractivity contribution >= 4 is 35.1 Å². The predicted octanol–water partition coefficient (Wildman–Crippen LogP) is 5.45. The molecule has 0 spiro atoms. The van der Waals surface area contributed by atoms with Crippen molar-refractivity contribution < 1.29 is 24.6 Å². The van der Waals surface area contributed by atoms with Crippen LogP contribution in [-0.2, 0) is 9.59 Å². The van der Waals surface area contributed by atoms with E-state index >= 15 is 0 Å². The van der Waals surface area contributed by atoms with Gasteiger partial charge in [-0.3, -0.25) is 4.79 Å². The van der Waals surface area contributed by atoms with Crippen molar-refractivity contribution in [3.8, 4) is 0 Å². The Bertz CT molecular complexity index is 1170. The summed E-state index contributed by atoms with van der Waals surface area (Å²) in [6.45, 7) is 4.87. The van der Waals surface area contributed by atoms with E-state index in [9.17, 15) is 4.79 Å². The number of aryl methyl sites for hydroxylation is 2. The van der Waals surface area contributed by atoms with Crippen LogP contribution in [0, 0.1) is 13.8 Å². The third-order valence-electron chi connectivity index (χ3n) is 5.48. The van der Waals surface area contributed by atoms with Crippen molar-refractivity contribution in [3.05, 3.63) is 100 Å². The Hall–Kier alpha value is -3.68. The van der Waals surface area contributed by atoms with Gasteiger partial charge in [0, 0.05) is 16.3 Å². The minimum absolute atomic E-state index is 0.0149. The van der Waals surface area contributed by atoms with E-state index in [2.05, 4.69) is 19.0 Å². The molecular weight excluding hydrogens is 480 g/mol. The molecule has 0 fully saturated rings. The number of rotatable bonds is 7. The van der Waals surface area contributed by atoms with Crippen LogP contribution in [-0.4, -0.2) is 53.6 Å². The Morgan fingerprint density at radius 1 is 0.861 bits per heavy atom. The molecular formula is C28H31ClN2O5. The number of para-hydroxylation sites is 1. The fraction of sp³-hybridized carbons (Fsp3) is 0.250. The zero-order chi connectivity index (χ0) is 26.8. The van der Waals surface area contributed by atoms with Crippen LogP contribution in [0.4, 0.5) is 5.69 Å². The number of amides is 1. The lowest BCUT2D eigenvalue weighted by Crippen LogP contribution is -2.37. The summed E-state index contributed by atoms with van der Waals surface area (Å²) < 4.78 is 0. The molecule has 0 aliphatic heterocycles. The lowest BCUT2D eigenvalue weighted by molar-refractivity contribution is -0.159. The van der Waals surface area contributed by atoms with Gasteiger partial charge in [0.1, 0.15) is 0 Å². The van der Waals surface area contributed by atoms with Gasteiger partial charge in [0.2, 0.25) is 0 Å². The Balaban J connectivity index is 0.000000678. The highest BCUT2D eigenvalue weighted by Crippen LogP contribution is 2.33. The molecule has 1 unspecified atom stereocenters. The lowest BCUT2D eigenvalue weighted by atomic mass is 9.97. The van der Waals surface area contributed by atoms with Gasteiger partial charge in [-0.2, -0.15) is 0 Å². The van der Waals surface area contributed by atoms with Crippen molar-refractivity contribution in [2.24, 2.45) is 0 Å². The third kappa shape index (κ3) is 8.22. The summed E-state index contributed by atoms with van der Waals surface area (Å²) in [6, 6.07) is 23.7. The molecule has 190 valence electrons. The van der Waals surface area contributed by atoms with Crippen molar-refractivity contribution in [1.29, 1.82) is 0 Å². The summed E-state index contributed by atoms with van der Waals surface area (Å²) in [6.07, 6.45) is 0.806. The van der Waals surface area contributed by atoms with Gasteiger partial charge < -0.3 is 20.0 Å². The molecule has 3 aromatic carbocycles. The zero-order valence-corrected chi connectivity index (χ0v) is 21.6. The number of benzene rings is 3. The van der Waals surface area contributed by atoms with Gasteiger partial charge >= 0.3 is 11.9 Å². The van der Waals surface area contributed by atoms with Crippen LogP contribution >= 0.6 is 11.6 Å². The van der Waals surface area contributed by atoms with Gasteiger partial charge in [-0.1, -0.05) is 59.6 Å². The molecule has 1 amide bonds. The zero-order valence-electron chi connectivity index (χ0n) is 20.8. The molecule has 0 bridgehead atoms. The van der Waals surface area contributed by atoms with Crippen molar-refractivity contribution in [2.45, 2.75) is 26.3 Å². The fourth-order valence-electron chi connectivity index (χ4n) is 3.63. The normalized spacial score (nSPS) is 11.3. The topological polar surface area (TPSA) is 98.2 Å². The number of carboxylic acid groups (broad SMARTS) is 2. The molecule has 0 aromatic heterocycles. The maximum Gasteiger partial charge on any atom is 0.414 e. The van der Waals surface area contributed by atoms with E-state index in [1.807, 2.05) is 91.5 Å². The number of anilines is 1. The van der Waals surface area contributed by atoms with E-state index in [-0.39, 0.29) is 11.9 Å². The van der Waals surface area contributed by atoms with Crippen LogP contribution in [0.15, 0.2) is 72.8 Å². The van der Waals surface area contributed by atoms with Gasteiger partial charge in [0.25, 0.3) is 5.91 Å². The van der Waals surface area contributed by atoms with Crippen LogP contribution in [0.3, 0.4) is 0 Å². The molecule has 0 radical (unpaired) electrons. The predicted molar refractivity (Wildman–Crippen MR) is 142 cm³/mol. The summed E-state index contributed by atoms with van der Waals surface area (Å²) >= 11 is 6.15. The highest BCUT2D eigenvalue weighted by molar-refractivity contribution is 6.30. The summed E-state index contributed by atoms with van der Waals surface area (Å²) in [5.41, 5.74) is 4.76. The average molecular weight is 511 g/mol. The molecule has 36 heavy (non-hydrogen) atoms. The molecule has 0 aliphatic rings. The summed E-state index contributed by atoms with van der Waals surface area (Å²) in [7, 11) is 4.11. The second-order valence-corrected chi connectivity index (χ2v) is 9.04. The quantitative estimate of drug-likeness (QED) is 0.410. The van der Waals surface area contributed by atoms with Crippen LogP contribution in [0.1, 0.15) is 39.5 Å². The number of carbonyl (C=O) groups excluding carboxylic acids is 1. The second kappa shape index (κ2) is 13.4. The second-order valence-electron chi connectivity index (χ2n) is 8.60. The van der Waals surface area contributed by atoms with Gasteiger partial charge in [-0.15, -0.1) is 0 Å². The number of aliphatic carboxylic acids is 2. The first kappa shape index (κ1) is 28.6. The monoisotopic (exact) mass is 510 g/mol. The van der Waals surface area contributed by atoms with Crippen molar-refractivity contribution in [1.82, 2.24) is 4.90 Å². The van der Waals surface area contributed by atoms with Crippen LogP contribution in [0.2, 0.25) is 5.02 Å². The summed E-state index contributed by atoms with van der Waals surface area (Å²) in [4.78, 5) is 36.2. The first-order valence-corrected chi connectivity index (χ1v) is 11.7. The number of hydrogen-bond acceptors (Lipinski definition) is 4. The summed E-state index contributed by atoms with van der Waals surface area (Å²) in [5, 5.41) is 15.5. The van der Waals surface area contributed by atoms with E-state index in [0.29, 0.717) is 5.02 Å². The van der Waals surface area contributed by atoms with Gasteiger partial charge in [-0.25, -0.2) is 9.59 Å². The minimum atomic E-state index is -1.82. The average Bonchev–Trinajstić information content (AvgIpc) is 2.84. The van der Waals surface area contributed by atoms with Gasteiger partial charge in [0.15, 0.2) is 0 Å². The number of carbonyl (C=O) groups is 3. The smallest absolute Gasteiger partial charge is 0.414 e. The van der Waals surface area contributed by atoms with E-state index in [1.165, 1.54) is 0 Å². The Kier molecular flexibility index (Phi) is 10.6. The maximum absolute atomic E-state index is 13.9. The molecule has 0 saturated heterocycles. The SMILES string of the molecule is Cc1ccc(C)c(C(=O)N(c2ccccc2)C(CCN(C)C)c2ccc(Cl)cc2)c1.O=C(O)C(=O)O. The number of carboxylic acids is 2. The van der Waals surface area contributed by atoms with Crippen molar-refractivity contribution in [3.63, 3.8) is 0 Å². The molecule has 0 heterocycles. The lowest BCUT2D eigenvalue weighted by Gasteiger charge is -2.34. The number of halogens is 1. The molecule has 2 N–H and O–H groups in total. The fourth-order valence-corrected chi connectivity index (χ4v) is 3.76. The first-order valence-electron chi connectivity index (χ1n) is 11.3. The molecule has 1 atom stereocenters. The molecule has 3 aromatic rings. The van der Waals surface area contributed by atoms with E-state index in [1.54, 1.807) is 0 Å². The molecule has 0 saturated carbocycles. The minimum Gasteiger partial charge on any atom is -0.473 e. The first-order chi connectivity index (χ1) is 17.0. The molecule has 0 aliphatic carbocycles. The third-order valence-corrected chi connectivity index (χ3v) is 5.73. The largest absolute Gasteiger partial charge is 0.473 e. The summed E-state index contributed by atoms with van der Waals surface area (Å²) in [5.74, 6) is -3.63. The number of nitrogens with zero attached hydrogens (tertiary/aromatic N) is 2. The highest BCUT2D eigenvalue weighted by Gasteiger charge is 2.28. The van der Waals surface area contributed by atoms with E-state index < -0.39 is 11.9 Å². The Morgan fingerprint density at radius 2 is 1.44 bits per heavy atom. The standard InChI is InChI=1S/C26H29ClN2O.C2H2O4/c1-19-10-11-20(2)24(18-19)26(30)29(23-8-6-5-7-9-23)25(16-17-28(3)4)21-12-14-22(27)15-13-21;3-1(4)2(5)6/h5-15,18,25H,16-17H2,1-4H3;(H,3,4)(H,5,6). The van der Waals surface area contributed by atoms with Gasteiger partial charge in [0.05, 0.1) is 6.04 Å².